The van der Waals surface area contributed by atoms with E-state index in [0.29, 0.717) is 11.3 Å². The average Bonchev–Trinajstić information content (AvgIpc) is 2.86. The lowest BCUT2D eigenvalue weighted by Crippen LogP contribution is -2.36. The molecule has 1 amide bonds. The first-order valence-electron chi connectivity index (χ1n) is 7.77. The summed E-state index contributed by atoms with van der Waals surface area (Å²) in [4.78, 5) is 23.2. The molecule has 0 radical (unpaired) electrons. The molecular formula is C17H18F3N3O3. The van der Waals surface area contributed by atoms with E-state index in [1.807, 2.05) is 30.3 Å². The third-order valence-electron chi connectivity index (χ3n) is 3.61. The predicted molar refractivity (Wildman–Crippen MR) is 86.8 cm³/mol. The molecule has 0 unspecified atom stereocenters. The van der Waals surface area contributed by atoms with Crippen LogP contribution in [-0.2, 0) is 20.7 Å². The topological polar surface area (TPSA) is 73.2 Å². The third-order valence-corrected chi connectivity index (χ3v) is 3.61. The Morgan fingerprint density at radius 2 is 1.85 bits per heavy atom. The molecule has 0 saturated heterocycles. The Labute approximate surface area is 147 Å². The van der Waals surface area contributed by atoms with E-state index >= 15 is 0 Å². The highest BCUT2D eigenvalue weighted by Gasteiger charge is 2.27. The van der Waals surface area contributed by atoms with Crippen molar-refractivity contribution < 1.29 is 27.5 Å². The lowest BCUT2D eigenvalue weighted by molar-refractivity contribution is -0.150. The lowest BCUT2D eigenvalue weighted by atomic mass is 10.1. The summed E-state index contributed by atoms with van der Waals surface area (Å²) in [6.45, 7) is 1.31. The summed E-state index contributed by atoms with van der Waals surface area (Å²) >= 11 is 0. The van der Waals surface area contributed by atoms with Gasteiger partial charge < -0.3 is 10.1 Å². The Bertz CT molecular complexity index is 786. The van der Waals surface area contributed by atoms with Crippen LogP contribution >= 0.6 is 0 Å². The number of aryl methyl sites for hydroxylation is 1. The monoisotopic (exact) mass is 369 g/mol. The van der Waals surface area contributed by atoms with Gasteiger partial charge in [0.05, 0.1) is 17.8 Å². The Kier molecular flexibility index (Phi) is 6.01. The van der Waals surface area contributed by atoms with E-state index in [0.717, 1.165) is 11.4 Å². The second-order valence-corrected chi connectivity index (χ2v) is 5.63. The van der Waals surface area contributed by atoms with Crippen molar-refractivity contribution in [2.24, 2.45) is 0 Å². The van der Waals surface area contributed by atoms with Crippen LogP contribution in [0.2, 0.25) is 0 Å². The molecule has 1 N–H and O–H groups in total. The lowest BCUT2D eigenvalue weighted by Gasteiger charge is -2.09. The van der Waals surface area contributed by atoms with E-state index in [4.69, 9.17) is 4.74 Å². The average molecular weight is 369 g/mol. The number of halogens is 3. The summed E-state index contributed by atoms with van der Waals surface area (Å²) in [6, 6.07) is 9.33. The van der Waals surface area contributed by atoms with Gasteiger partial charge in [-0.25, -0.2) is 4.68 Å². The number of aromatic nitrogens is 2. The van der Waals surface area contributed by atoms with Gasteiger partial charge in [0.25, 0.3) is 5.91 Å². The molecule has 0 aliphatic carbocycles. The number of amides is 1. The maximum Gasteiger partial charge on any atom is 0.405 e. The first-order valence-corrected chi connectivity index (χ1v) is 7.77. The van der Waals surface area contributed by atoms with Crippen LogP contribution in [0.25, 0.3) is 5.69 Å². The summed E-state index contributed by atoms with van der Waals surface area (Å²) in [5, 5.41) is 6.02. The van der Waals surface area contributed by atoms with Gasteiger partial charge in [-0.05, 0) is 26.0 Å². The van der Waals surface area contributed by atoms with E-state index in [1.165, 1.54) is 0 Å². The van der Waals surface area contributed by atoms with Crippen molar-refractivity contribution in [3.8, 4) is 5.69 Å². The number of hydrogen-bond acceptors (Lipinski definition) is 4. The summed E-state index contributed by atoms with van der Waals surface area (Å²) in [6.07, 6.45) is -4.64. The number of ether oxygens (including phenoxy) is 1. The standard InChI is InChI=1S/C17H18F3N3O3/c1-11-14(12(2)23(22-11)13-6-4-3-5-7-13)8-16(25)26-9-15(24)21-10-17(18,19)20/h3-7H,8-10H2,1-2H3,(H,21,24). The molecule has 0 aliphatic rings. The normalized spacial score (nSPS) is 11.3. The fourth-order valence-corrected chi connectivity index (χ4v) is 2.34. The van der Waals surface area contributed by atoms with Crippen molar-refractivity contribution in [2.75, 3.05) is 13.2 Å². The highest BCUT2D eigenvalue weighted by atomic mass is 19.4. The number of carbonyl (C=O) groups excluding carboxylic acids is 2. The van der Waals surface area contributed by atoms with Crippen molar-refractivity contribution in [1.29, 1.82) is 0 Å². The number of nitrogens with zero attached hydrogens (tertiary/aromatic N) is 2. The minimum Gasteiger partial charge on any atom is -0.455 e. The van der Waals surface area contributed by atoms with Crippen molar-refractivity contribution in [3.63, 3.8) is 0 Å². The molecule has 0 atom stereocenters. The molecule has 1 heterocycles. The van der Waals surface area contributed by atoms with Gasteiger partial charge in [0.2, 0.25) is 0 Å². The van der Waals surface area contributed by atoms with Gasteiger partial charge in [-0.15, -0.1) is 0 Å². The molecule has 0 fully saturated rings. The quantitative estimate of drug-likeness (QED) is 0.793. The molecular weight excluding hydrogens is 351 g/mol. The van der Waals surface area contributed by atoms with Crippen LogP contribution in [0.4, 0.5) is 13.2 Å². The summed E-state index contributed by atoms with van der Waals surface area (Å²) in [5.41, 5.74) is 2.85. The number of carbonyl (C=O) groups is 2. The third kappa shape index (κ3) is 5.33. The zero-order chi connectivity index (χ0) is 19.3. The van der Waals surface area contributed by atoms with Gasteiger partial charge in [-0.1, -0.05) is 18.2 Å². The Hall–Kier alpha value is -2.84. The second kappa shape index (κ2) is 8.03. The van der Waals surface area contributed by atoms with E-state index in [-0.39, 0.29) is 6.42 Å². The SMILES string of the molecule is Cc1nn(-c2ccccc2)c(C)c1CC(=O)OCC(=O)NCC(F)(F)F. The predicted octanol–water partition coefficient (Wildman–Crippen LogP) is 2.25. The fourth-order valence-electron chi connectivity index (χ4n) is 2.34. The van der Waals surface area contributed by atoms with Crippen LogP contribution in [-0.4, -0.2) is 41.0 Å². The Balaban J connectivity index is 1.95. The molecule has 2 aromatic rings. The van der Waals surface area contributed by atoms with Gasteiger partial charge in [0.15, 0.2) is 6.61 Å². The van der Waals surface area contributed by atoms with E-state index in [9.17, 15) is 22.8 Å². The smallest absolute Gasteiger partial charge is 0.405 e. The summed E-state index contributed by atoms with van der Waals surface area (Å²) in [7, 11) is 0. The molecule has 0 spiro atoms. The van der Waals surface area contributed by atoms with Gasteiger partial charge in [0, 0.05) is 11.3 Å². The van der Waals surface area contributed by atoms with Gasteiger partial charge in [-0.2, -0.15) is 18.3 Å². The van der Waals surface area contributed by atoms with Crippen LogP contribution < -0.4 is 5.32 Å². The molecule has 26 heavy (non-hydrogen) atoms. The van der Waals surface area contributed by atoms with E-state index < -0.39 is 31.2 Å². The maximum atomic E-state index is 12.0. The summed E-state index contributed by atoms with van der Waals surface area (Å²) < 4.78 is 42.4. The molecule has 140 valence electrons. The van der Waals surface area contributed by atoms with Crippen LogP contribution in [0.5, 0.6) is 0 Å². The van der Waals surface area contributed by atoms with Crippen LogP contribution in [0.1, 0.15) is 17.0 Å². The first-order chi connectivity index (χ1) is 12.2. The van der Waals surface area contributed by atoms with E-state index in [1.54, 1.807) is 23.8 Å². The van der Waals surface area contributed by atoms with Gasteiger partial charge in [-0.3, -0.25) is 9.59 Å². The molecule has 9 heteroatoms. The van der Waals surface area contributed by atoms with Crippen LogP contribution in [0.3, 0.4) is 0 Å². The Morgan fingerprint density at radius 1 is 1.19 bits per heavy atom. The van der Waals surface area contributed by atoms with Gasteiger partial charge >= 0.3 is 12.1 Å². The zero-order valence-corrected chi connectivity index (χ0v) is 14.3. The molecule has 2 rings (SSSR count). The molecule has 6 nitrogen and oxygen atoms in total. The van der Waals surface area contributed by atoms with Crippen molar-refractivity contribution in [3.05, 3.63) is 47.3 Å². The van der Waals surface area contributed by atoms with Crippen molar-refractivity contribution in [2.45, 2.75) is 26.4 Å². The number of nitrogens with one attached hydrogen (secondary N) is 1. The number of hydrogen-bond donors (Lipinski definition) is 1. The highest BCUT2D eigenvalue weighted by Crippen LogP contribution is 2.18. The zero-order valence-electron chi connectivity index (χ0n) is 14.3. The molecule has 0 saturated carbocycles. The minimum atomic E-state index is -4.51. The molecule has 1 aromatic heterocycles. The number of para-hydroxylation sites is 1. The number of alkyl halides is 3. The van der Waals surface area contributed by atoms with Crippen molar-refractivity contribution >= 4 is 11.9 Å². The van der Waals surface area contributed by atoms with E-state index in [2.05, 4.69) is 5.10 Å². The summed E-state index contributed by atoms with van der Waals surface area (Å²) in [5.74, 6) is -1.73. The van der Waals surface area contributed by atoms with Crippen LogP contribution in [0, 0.1) is 13.8 Å². The fraction of sp³-hybridized carbons (Fsp3) is 0.353. The minimum absolute atomic E-state index is 0.128. The molecule has 1 aromatic carbocycles. The number of benzene rings is 1. The maximum absolute atomic E-state index is 12.0. The largest absolute Gasteiger partial charge is 0.455 e. The van der Waals surface area contributed by atoms with Crippen molar-refractivity contribution in [1.82, 2.24) is 15.1 Å². The number of rotatable bonds is 6. The highest BCUT2D eigenvalue weighted by molar-refractivity contribution is 5.81. The van der Waals surface area contributed by atoms with Gasteiger partial charge in [0.1, 0.15) is 6.54 Å². The van der Waals surface area contributed by atoms with Crippen LogP contribution in [0.15, 0.2) is 30.3 Å². The second-order valence-electron chi connectivity index (χ2n) is 5.63. The molecule has 0 bridgehead atoms. The number of esters is 1. The molecule has 0 aliphatic heterocycles. The Morgan fingerprint density at radius 3 is 2.46 bits per heavy atom. The first kappa shape index (κ1) is 19.5.